The quantitative estimate of drug-likeness (QED) is 0.864. The maximum atomic E-state index is 11.6. The van der Waals surface area contributed by atoms with Crippen molar-refractivity contribution in [3.8, 4) is 0 Å². The summed E-state index contributed by atoms with van der Waals surface area (Å²) < 4.78 is 4.73. The third-order valence-corrected chi connectivity index (χ3v) is 4.06. The Morgan fingerprint density at radius 1 is 1.38 bits per heavy atom. The molecule has 1 atom stereocenters. The van der Waals surface area contributed by atoms with Gasteiger partial charge in [-0.1, -0.05) is 23.7 Å². The molecule has 21 heavy (non-hydrogen) atoms. The van der Waals surface area contributed by atoms with Crippen molar-refractivity contribution in [2.75, 3.05) is 12.4 Å². The summed E-state index contributed by atoms with van der Waals surface area (Å²) in [5, 5.41) is 4.14. The topological polar surface area (TPSA) is 51.2 Å². The third kappa shape index (κ3) is 2.47. The van der Waals surface area contributed by atoms with Crippen LogP contribution in [0.1, 0.15) is 28.4 Å². The van der Waals surface area contributed by atoms with Gasteiger partial charge < -0.3 is 10.1 Å². The molecule has 1 aromatic heterocycles. The molecule has 2 heterocycles. The SMILES string of the molecule is COC(=O)c1cnc2c(c1)C[C@@](C)(c1ccc(Cl)cc1)N2. The minimum atomic E-state index is -0.370. The molecule has 2 aromatic rings. The van der Waals surface area contributed by atoms with Crippen LogP contribution in [0.3, 0.4) is 0 Å². The second kappa shape index (κ2) is 5.04. The molecule has 5 heteroatoms. The Balaban J connectivity index is 1.93. The number of halogens is 1. The number of benzene rings is 1. The van der Waals surface area contributed by atoms with Gasteiger partial charge in [0.1, 0.15) is 5.82 Å². The number of esters is 1. The Morgan fingerprint density at radius 3 is 2.76 bits per heavy atom. The number of nitrogens with one attached hydrogen (secondary N) is 1. The monoisotopic (exact) mass is 302 g/mol. The molecule has 0 spiro atoms. The van der Waals surface area contributed by atoms with Crippen molar-refractivity contribution < 1.29 is 9.53 Å². The lowest BCUT2D eigenvalue weighted by Gasteiger charge is -2.25. The first-order chi connectivity index (χ1) is 10.0. The zero-order valence-corrected chi connectivity index (χ0v) is 12.6. The summed E-state index contributed by atoms with van der Waals surface area (Å²) in [6, 6.07) is 9.59. The van der Waals surface area contributed by atoms with E-state index in [0.29, 0.717) is 10.6 Å². The molecular formula is C16H15ClN2O2. The fourth-order valence-electron chi connectivity index (χ4n) is 2.67. The molecule has 0 radical (unpaired) electrons. The van der Waals surface area contributed by atoms with Gasteiger partial charge in [0, 0.05) is 17.6 Å². The van der Waals surface area contributed by atoms with Crippen molar-refractivity contribution in [3.63, 3.8) is 0 Å². The largest absolute Gasteiger partial charge is 0.465 e. The summed E-state index contributed by atoms with van der Waals surface area (Å²) in [5.41, 5.74) is 2.35. The summed E-state index contributed by atoms with van der Waals surface area (Å²) in [5.74, 6) is 0.436. The first-order valence-corrected chi connectivity index (χ1v) is 7.01. The van der Waals surface area contributed by atoms with E-state index in [2.05, 4.69) is 17.2 Å². The maximum absolute atomic E-state index is 11.6. The van der Waals surface area contributed by atoms with Gasteiger partial charge in [0.05, 0.1) is 18.2 Å². The molecule has 0 unspecified atom stereocenters. The molecular weight excluding hydrogens is 288 g/mol. The van der Waals surface area contributed by atoms with Crippen LogP contribution in [-0.2, 0) is 16.7 Å². The number of carbonyl (C=O) groups excluding carboxylic acids is 1. The number of hydrogen-bond acceptors (Lipinski definition) is 4. The maximum Gasteiger partial charge on any atom is 0.339 e. The van der Waals surface area contributed by atoms with Gasteiger partial charge in [-0.3, -0.25) is 0 Å². The number of carbonyl (C=O) groups is 1. The highest BCUT2D eigenvalue weighted by Crippen LogP contribution is 2.38. The van der Waals surface area contributed by atoms with Crippen LogP contribution in [0.4, 0.5) is 5.82 Å². The van der Waals surface area contributed by atoms with Crippen molar-refractivity contribution >= 4 is 23.4 Å². The average Bonchev–Trinajstić information content (AvgIpc) is 2.83. The van der Waals surface area contributed by atoms with Crippen LogP contribution >= 0.6 is 11.6 Å². The molecule has 1 aliphatic rings. The summed E-state index contributed by atoms with van der Waals surface area (Å²) in [6.07, 6.45) is 2.28. The van der Waals surface area contributed by atoms with Crippen LogP contribution in [0.2, 0.25) is 5.02 Å². The summed E-state index contributed by atoms with van der Waals surface area (Å²) in [6.45, 7) is 2.11. The molecule has 0 saturated carbocycles. The minimum Gasteiger partial charge on any atom is -0.465 e. The van der Waals surface area contributed by atoms with Gasteiger partial charge in [0.2, 0.25) is 0 Å². The van der Waals surface area contributed by atoms with Gasteiger partial charge in [-0.2, -0.15) is 0 Å². The zero-order valence-electron chi connectivity index (χ0n) is 11.8. The lowest BCUT2D eigenvalue weighted by atomic mass is 9.89. The number of hydrogen-bond donors (Lipinski definition) is 1. The van der Waals surface area contributed by atoms with Crippen molar-refractivity contribution in [2.24, 2.45) is 0 Å². The van der Waals surface area contributed by atoms with Gasteiger partial charge >= 0.3 is 5.97 Å². The first kappa shape index (κ1) is 13.9. The van der Waals surface area contributed by atoms with Crippen molar-refractivity contribution in [2.45, 2.75) is 18.9 Å². The number of ether oxygens (including phenoxy) is 1. The van der Waals surface area contributed by atoms with E-state index < -0.39 is 0 Å². The van der Waals surface area contributed by atoms with Crippen LogP contribution in [-0.4, -0.2) is 18.1 Å². The molecule has 0 saturated heterocycles. The number of aromatic nitrogens is 1. The molecule has 1 aromatic carbocycles. The van der Waals surface area contributed by atoms with Gasteiger partial charge in [-0.25, -0.2) is 9.78 Å². The number of methoxy groups -OCH3 is 1. The lowest BCUT2D eigenvalue weighted by molar-refractivity contribution is 0.0600. The summed E-state index contributed by atoms with van der Waals surface area (Å²) in [7, 11) is 1.37. The van der Waals surface area contributed by atoms with Gasteiger partial charge in [0.15, 0.2) is 0 Å². The number of nitrogens with zero attached hydrogens (tertiary/aromatic N) is 1. The highest BCUT2D eigenvalue weighted by Gasteiger charge is 2.35. The Hall–Kier alpha value is -2.07. The van der Waals surface area contributed by atoms with E-state index >= 15 is 0 Å². The Bertz CT molecular complexity index is 700. The molecule has 0 amide bonds. The van der Waals surface area contributed by atoms with Gasteiger partial charge in [-0.15, -0.1) is 0 Å². The van der Waals surface area contributed by atoms with E-state index in [-0.39, 0.29) is 11.5 Å². The molecule has 4 nitrogen and oxygen atoms in total. The van der Waals surface area contributed by atoms with Gasteiger partial charge in [0.25, 0.3) is 0 Å². The van der Waals surface area contributed by atoms with Crippen LogP contribution < -0.4 is 5.32 Å². The number of anilines is 1. The standard InChI is InChI=1S/C16H15ClN2O2/c1-16(12-3-5-13(17)6-4-12)8-10-7-11(15(20)21-2)9-18-14(10)19-16/h3-7,9H,8H2,1-2H3,(H,18,19)/t16-/m0/s1. The normalized spacial score (nSPS) is 19.8. The van der Waals surface area contributed by atoms with Crippen molar-refractivity contribution in [1.82, 2.24) is 4.98 Å². The molecule has 0 aliphatic carbocycles. The molecule has 108 valence electrons. The average molecular weight is 303 g/mol. The number of rotatable bonds is 2. The van der Waals surface area contributed by atoms with Crippen molar-refractivity contribution in [3.05, 3.63) is 58.2 Å². The van der Waals surface area contributed by atoms with Crippen LogP contribution in [0.15, 0.2) is 36.5 Å². The molecule has 1 N–H and O–H groups in total. The smallest absolute Gasteiger partial charge is 0.339 e. The highest BCUT2D eigenvalue weighted by molar-refractivity contribution is 6.30. The second-order valence-electron chi connectivity index (χ2n) is 5.36. The fraction of sp³-hybridized carbons (Fsp3) is 0.250. The molecule has 0 bridgehead atoms. The molecule has 3 rings (SSSR count). The van der Waals surface area contributed by atoms with E-state index in [1.165, 1.54) is 13.3 Å². The van der Waals surface area contributed by atoms with Crippen LogP contribution in [0.5, 0.6) is 0 Å². The molecule has 1 aliphatic heterocycles. The minimum absolute atomic E-state index is 0.255. The van der Waals surface area contributed by atoms with E-state index in [1.54, 1.807) is 0 Å². The van der Waals surface area contributed by atoms with Crippen molar-refractivity contribution in [1.29, 1.82) is 0 Å². The summed E-state index contributed by atoms with van der Waals surface area (Å²) >= 11 is 5.94. The van der Waals surface area contributed by atoms with E-state index in [4.69, 9.17) is 16.3 Å². The fourth-order valence-corrected chi connectivity index (χ4v) is 2.79. The van der Waals surface area contributed by atoms with Gasteiger partial charge in [-0.05, 0) is 36.2 Å². The highest BCUT2D eigenvalue weighted by atomic mass is 35.5. The number of fused-ring (bicyclic) bond motifs is 1. The predicted molar refractivity (Wildman–Crippen MR) is 81.7 cm³/mol. The Labute approximate surface area is 128 Å². The zero-order chi connectivity index (χ0) is 15.0. The molecule has 0 fully saturated rings. The first-order valence-electron chi connectivity index (χ1n) is 6.63. The summed E-state index contributed by atoms with van der Waals surface area (Å²) in [4.78, 5) is 15.9. The number of pyridine rings is 1. The Kier molecular flexibility index (Phi) is 3.33. The third-order valence-electron chi connectivity index (χ3n) is 3.81. The Morgan fingerprint density at radius 2 is 2.10 bits per heavy atom. The predicted octanol–water partition coefficient (Wildman–Crippen LogP) is 3.41. The van der Waals surface area contributed by atoms with E-state index in [1.807, 2.05) is 30.3 Å². The van der Waals surface area contributed by atoms with E-state index in [9.17, 15) is 4.79 Å². The van der Waals surface area contributed by atoms with Crippen LogP contribution in [0, 0.1) is 0 Å². The van der Waals surface area contributed by atoms with E-state index in [0.717, 1.165) is 23.4 Å². The second-order valence-corrected chi connectivity index (χ2v) is 5.80. The van der Waals surface area contributed by atoms with Crippen LogP contribution in [0.25, 0.3) is 0 Å². The lowest BCUT2D eigenvalue weighted by Crippen LogP contribution is -2.29.